The van der Waals surface area contributed by atoms with Gasteiger partial charge in [-0.3, -0.25) is 5.32 Å². The molecule has 2 aliphatic rings. The molecule has 6 rings (SSSR count). The first-order chi connectivity index (χ1) is 18.9. The molecular formula is C29H31N5O3S2. The van der Waals surface area contributed by atoms with Gasteiger partial charge in [0.2, 0.25) is 0 Å². The minimum Gasteiger partial charge on any atom is -0.445 e. The fourth-order valence-electron chi connectivity index (χ4n) is 5.06. The molecule has 0 spiro atoms. The number of aromatic nitrogens is 1. The molecule has 1 fully saturated rings. The van der Waals surface area contributed by atoms with E-state index in [1.165, 1.54) is 11.3 Å². The Morgan fingerprint density at radius 2 is 1.82 bits per heavy atom. The van der Waals surface area contributed by atoms with E-state index in [0.717, 1.165) is 41.8 Å². The molecule has 2 aliphatic heterocycles. The SMILES string of the molecule is CC(C)NC1CN(C(=O)Nc2sc3c(c2-c2nc4ccccc4s2)CCN(C(=O)OCc2ccccc2)C3)C1. The number of amides is 3. The maximum Gasteiger partial charge on any atom is 0.410 e. The van der Waals surface area contributed by atoms with Crippen LogP contribution in [0.3, 0.4) is 0 Å². The van der Waals surface area contributed by atoms with Crippen molar-refractivity contribution >= 4 is 50.0 Å². The van der Waals surface area contributed by atoms with Crippen LogP contribution in [-0.4, -0.2) is 58.6 Å². The number of thiophene rings is 1. The molecule has 2 aromatic carbocycles. The number of nitrogens with one attached hydrogen (secondary N) is 2. The molecule has 4 aromatic rings. The van der Waals surface area contributed by atoms with E-state index in [2.05, 4.69) is 30.5 Å². The van der Waals surface area contributed by atoms with Crippen LogP contribution in [-0.2, 0) is 24.3 Å². The number of anilines is 1. The summed E-state index contributed by atoms with van der Waals surface area (Å²) in [7, 11) is 0. The summed E-state index contributed by atoms with van der Waals surface area (Å²) in [5.74, 6) is 0. The van der Waals surface area contributed by atoms with Gasteiger partial charge in [0.05, 0.1) is 16.8 Å². The number of rotatable bonds is 6. The molecule has 0 unspecified atom stereocenters. The number of nitrogens with zero attached hydrogens (tertiary/aromatic N) is 3. The van der Waals surface area contributed by atoms with Crippen LogP contribution in [0.25, 0.3) is 20.8 Å². The third-order valence-corrected chi connectivity index (χ3v) is 9.17. The van der Waals surface area contributed by atoms with Crippen molar-refractivity contribution in [2.75, 3.05) is 25.0 Å². The Hall–Kier alpha value is -3.47. The van der Waals surface area contributed by atoms with Gasteiger partial charge < -0.3 is 19.9 Å². The Morgan fingerprint density at radius 1 is 1.05 bits per heavy atom. The van der Waals surface area contributed by atoms with Gasteiger partial charge >= 0.3 is 12.1 Å². The highest BCUT2D eigenvalue weighted by Crippen LogP contribution is 2.46. The average Bonchev–Trinajstić information content (AvgIpc) is 3.49. The first-order valence-corrected chi connectivity index (χ1v) is 14.9. The smallest absolute Gasteiger partial charge is 0.410 e. The van der Waals surface area contributed by atoms with Gasteiger partial charge in [0.1, 0.15) is 16.6 Å². The number of thiazole rings is 1. The molecule has 0 atom stereocenters. The molecule has 10 heteroatoms. The topological polar surface area (TPSA) is 86.8 Å². The summed E-state index contributed by atoms with van der Waals surface area (Å²) in [5.41, 5.74) is 4.05. The summed E-state index contributed by atoms with van der Waals surface area (Å²) in [5, 5.41) is 8.36. The summed E-state index contributed by atoms with van der Waals surface area (Å²) < 4.78 is 6.71. The van der Waals surface area contributed by atoms with Crippen molar-refractivity contribution in [3.63, 3.8) is 0 Å². The van der Waals surface area contributed by atoms with Crippen LogP contribution in [0.2, 0.25) is 0 Å². The van der Waals surface area contributed by atoms with E-state index in [0.29, 0.717) is 44.7 Å². The Bertz CT molecular complexity index is 1460. The van der Waals surface area contributed by atoms with Crippen LogP contribution in [0.5, 0.6) is 0 Å². The molecular weight excluding hydrogens is 530 g/mol. The quantitative estimate of drug-likeness (QED) is 0.305. The van der Waals surface area contributed by atoms with Crippen molar-refractivity contribution in [3.8, 4) is 10.6 Å². The van der Waals surface area contributed by atoms with Gasteiger partial charge in [0.25, 0.3) is 0 Å². The van der Waals surface area contributed by atoms with Crippen molar-refractivity contribution < 1.29 is 14.3 Å². The summed E-state index contributed by atoms with van der Waals surface area (Å²) in [6.45, 7) is 6.85. The molecule has 8 nitrogen and oxygen atoms in total. The molecule has 0 radical (unpaired) electrons. The predicted molar refractivity (Wildman–Crippen MR) is 156 cm³/mol. The Morgan fingerprint density at radius 3 is 2.59 bits per heavy atom. The Kier molecular flexibility index (Phi) is 7.24. The Balaban J connectivity index is 1.23. The van der Waals surface area contributed by atoms with E-state index in [1.807, 2.05) is 53.4 Å². The molecule has 0 bridgehead atoms. The molecule has 1 saturated heterocycles. The van der Waals surface area contributed by atoms with Gasteiger partial charge in [-0.1, -0.05) is 56.3 Å². The van der Waals surface area contributed by atoms with Crippen molar-refractivity contribution in [1.29, 1.82) is 0 Å². The number of fused-ring (bicyclic) bond motifs is 2. The van der Waals surface area contributed by atoms with Gasteiger partial charge in [-0.15, -0.1) is 22.7 Å². The van der Waals surface area contributed by atoms with Crippen LogP contribution >= 0.6 is 22.7 Å². The first-order valence-electron chi connectivity index (χ1n) is 13.2. The van der Waals surface area contributed by atoms with Crippen LogP contribution < -0.4 is 10.6 Å². The molecule has 2 N–H and O–H groups in total. The number of urea groups is 1. The third-order valence-electron chi connectivity index (χ3n) is 6.99. The van der Waals surface area contributed by atoms with E-state index in [-0.39, 0.29) is 18.7 Å². The number of para-hydroxylation sites is 1. The lowest BCUT2D eigenvalue weighted by Crippen LogP contribution is -2.61. The number of carbonyl (C=O) groups is 2. The highest BCUT2D eigenvalue weighted by atomic mass is 32.1. The number of benzene rings is 2. The second-order valence-corrected chi connectivity index (χ2v) is 12.4. The second kappa shape index (κ2) is 11.0. The molecule has 2 aromatic heterocycles. The normalized spacial score (nSPS) is 15.4. The minimum absolute atomic E-state index is 0.100. The number of hydrogen-bond donors (Lipinski definition) is 2. The average molecular weight is 562 g/mol. The zero-order chi connectivity index (χ0) is 26.9. The largest absolute Gasteiger partial charge is 0.445 e. The maximum atomic E-state index is 13.2. The van der Waals surface area contributed by atoms with Crippen molar-refractivity contribution in [3.05, 3.63) is 70.6 Å². The van der Waals surface area contributed by atoms with Gasteiger partial charge in [-0.25, -0.2) is 14.6 Å². The third kappa shape index (κ3) is 5.50. The number of ether oxygens (including phenoxy) is 1. The first kappa shape index (κ1) is 25.8. The van der Waals surface area contributed by atoms with Gasteiger partial charge in [0.15, 0.2) is 0 Å². The van der Waals surface area contributed by atoms with E-state index >= 15 is 0 Å². The van der Waals surface area contributed by atoms with E-state index in [9.17, 15) is 9.59 Å². The lowest BCUT2D eigenvalue weighted by Gasteiger charge is -2.40. The standard InChI is InChI=1S/C29H31N5O3S2/c1-18(2)30-20-14-34(15-20)28(35)32-27-25(26-31-22-10-6-7-11-23(22)38-26)21-12-13-33(16-24(21)39-27)29(36)37-17-19-8-4-3-5-9-19/h3-11,18,20,30H,12-17H2,1-2H3,(H,32,35). The van der Waals surface area contributed by atoms with Gasteiger partial charge in [-0.05, 0) is 29.7 Å². The lowest BCUT2D eigenvalue weighted by molar-refractivity contribution is 0.0924. The molecule has 4 heterocycles. The van der Waals surface area contributed by atoms with Crippen LogP contribution in [0.4, 0.5) is 14.6 Å². The molecule has 202 valence electrons. The van der Waals surface area contributed by atoms with Crippen molar-refractivity contribution in [2.24, 2.45) is 0 Å². The summed E-state index contributed by atoms with van der Waals surface area (Å²) in [4.78, 5) is 35.6. The molecule has 0 saturated carbocycles. The maximum absolute atomic E-state index is 13.2. The predicted octanol–water partition coefficient (Wildman–Crippen LogP) is 5.93. The minimum atomic E-state index is -0.325. The number of likely N-dealkylation sites (tertiary alicyclic amines) is 1. The molecule has 39 heavy (non-hydrogen) atoms. The number of hydrogen-bond acceptors (Lipinski definition) is 7. The van der Waals surface area contributed by atoms with E-state index in [1.54, 1.807) is 16.2 Å². The fraction of sp³-hybridized carbons (Fsp3) is 0.345. The monoisotopic (exact) mass is 561 g/mol. The van der Waals surface area contributed by atoms with Crippen molar-refractivity contribution in [2.45, 2.75) is 45.5 Å². The van der Waals surface area contributed by atoms with Gasteiger partial charge in [0, 0.05) is 42.2 Å². The highest BCUT2D eigenvalue weighted by Gasteiger charge is 2.34. The zero-order valence-electron chi connectivity index (χ0n) is 22.0. The highest BCUT2D eigenvalue weighted by molar-refractivity contribution is 7.22. The van der Waals surface area contributed by atoms with Crippen molar-refractivity contribution in [1.82, 2.24) is 20.1 Å². The van der Waals surface area contributed by atoms with Gasteiger partial charge in [-0.2, -0.15) is 0 Å². The fourth-order valence-corrected chi connectivity index (χ4v) is 7.42. The Labute approximate surface area is 235 Å². The van der Waals surface area contributed by atoms with E-state index < -0.39 is 0 Å². The zero-order valence-corrected chi connectivity index (χ0v) is 23.6. The summed E-state index contributed by atoms with van der Waals surface area (Å²) in [6, 6.07) is 18.4. The van der Waals surface area contributed by atoms with Crippen LogP contribution in [0.15, 0.2) is 54.6 Å². The molecule has 0 aliphatic carbocycles. The van der Waals surface area contributed by atoms with Crippen LogP contribution in [0.1, 0.15) is 29.9 Å². The van der Waals surface area contributed by atoms with Crippen LogP contribution in [0, 0.1) is 0 Å². The van der Waals surface area contributed by atoms with E-state index in [4.69, 9.17) is 9.72 Å². The summed E-state index contributed by atoms with van der Waals surface area (Å²) >= 11 is 3.17. The number of carbonyl (C=O) groups excluding carboxylic acids is 2. The molecule has 3 amide bonds. The second-order valence-electron chi connectivity index (χ2n) is 10.3. The lowest BCUT2D eigenvalue weighted by atomic mass is 10.0. The summed E-state index contributed by atoms with van der Waals surface area (Å²) in [6.07, 6.45) is 0.353.